The van der Waals surface area contributed by atoms with E-state index in [4.69, 9.17) is 16.2 Å². The van der Waals surface area contributed by atoms with Gasteiger partial charge in [-0.1, -0.05) is 13.8 Å². The Morgan fingerprint density at radius 2 is 1.95 bits per heavy atom. The number of ether oxygens (including phenoxy) is 1. The molecular formula is C15H25N3O2. The van der Waals surface area contributed by atoms with Crippen molar-refractivity contribution in [3.63, 3.8) is 0 Å². The van der Waals surface area contributed by atoms with E-state index in [1.807, 2.05) is 24.3 Å². The van der Waals surface area contributed by atoms with Gasteiger partial charge < -0.3 is 21.5 Å². The van der Waals surface area contributed by atoms with Crippen LogP contribution >= 0.6 is 0 Å². The Hall–Kier alpha value is -1.75. The van der Waals surface area contributed by atoms with Gasteiger partial charge >= 0.3 is 0 Å². The highest BCUT2D eigenvalue weighted by Gasteiger charge is 2.10. The van der Waals surface area contributed by atoms with Gasteiger partial charge in [0.05, 0.1) is 13.0 Å². The lowest BCUT2D eigenvalue weighted by molar-refractivity contribution is -0.118. The van der Waals surface area contributed by atoms with Gasteiger partial charge in [-0.3, -0.25) is 4.79 Å². The average Bonchev–Trinajstić information content (AvgIpc) is 2.40. The van der Waals surface area contributed by atoms with Crippen molar-refractivity contribution in [1.82, 2.24) is 0 Å². The van der Waals surface area contributed by atoms with Crippen LogP contribution in [0.15, 0.2) is 24.3 Å². The summed E-state index contributed by atoms with van der Waals surface area (Å²) in [7, 11) is 0. The predicted octanol–water partition coefficient (Wildman–Crippen LogP) is 1.58. The van der Waals surface area contributed by atoms with E-state index in [-0.39, 0.29) is 12.3 Å². The number of nitrogens with one attached hydrogen (secondary N) is 1. The van der Waals surface area contributed by atoms with Crippen molar-refractivity contribution < 1.29 is 9.53 Å². The molecule has 0 aliphatic heterocycles. The van der Waals surface area contributed by atoms with Gasteiger partial charge in [0.25, 0.3) is 0 Å². The number of hydrogen-bond acceptors (Lipinski definition) is 4. The fourth-order valence-corrected chi connectivity index (χ4v) is 1.78. The number of rotatable bonds is 9. The molecular weight excluding hydrogens is 254 g/mol. The van der Waals surface area contributed by atoms with E-state index in [0.29, 0.717) is 25.0 Å². The Morgan fingerprint density at radius 3 is 2.45 bits per heavy atom. The van der Waals surface area contributed by atoms with E-state index in [1.165, 1.54) is 0 Å². The van der Waals surface area contributed by atoms with E-state index in [2.05, 4.69) is 19.2 Å². The number of carbonyl (C=O) groups is 1. The normalized spacial score (nSPS) is 12.2. The molecule has 20 heavy (non-hydrogen) atoms. The maximum atomic E-state index is 10.6. The predicted molar refractivity (Wildman–Crippen MR) is 81.6 cm³/mol. The molecule has 5 nitrogen and oxygen atoms in total. The number of amides is 1. The highest BCUT2D eigenvalue weighted by molar-refractivity contribution is 5.73. The summed E-state index contributed by atoms with van der Waals surface area (Å²) in [6.07, 6.45) is 0.229. The first kappa shape index (κ1) is 16.3. The second-order valence-corrected chi connectivity index (χ2v) is 5.21. The van der Waals surface area contributed by atoms with Crippen LogP contribution in [0.5, 0.6) is 5.75 Å². The summed E-state index contributed by atoms with van der Waals surface area (Å²) in [6, 6.07) is 7.65. The average molecular weight is 279 g/mol. The molecule has 112 valence electrons. The van der Waals surface area contributed by atoms with Crippen LogP contribution in [0.4, 0.5) is 5.69 Å². The summed E-state index contributed by atoms with van der Waals surface area (Å²) in [4.78, 5) is 10.6. The van der Waals surface area contributed by atoms with Crippen LogP contribution in [0.2, 0.25) is 0 Å². The van der Waals surface area contributed by atoms with Crippen molar-refractivity contribution in [2.24, 2.45) is 23.3 Å². The van der Waals surface area contributed by atoms with E-state index in [0.717, 1.165) is 18.0 Å². The third kappa shape index (κ3) is 5.93. The maximum Gasteiger partial charge on any atom is 0.220 e. The lowest BCUT2D eigenvalue weighted by Gasteiger charge is -2.20. The zero-order valence-corrected chi connectivity index (χ0v) is 12.3. The molecule has 1 aromatic carbocycles. The van der Waals surface area contributed by atoms with Crippen LogP contribution in [-0.4, -0.2) is 25.6 Å². The van der Waals surface area contributed by atoms with Gasteiger partial charge in [0.15, 0.2) is 0 Å². The molecule has 1 atom stereocenters. The summed E-state index contributed by atoms with van der Waals surface area (Å²) in [5.41, 5.74) is 11.8. The van der Waals surface area contributed by atoms with Crippen molar-refractivity contribution in [1.29, 1.82) is 0 Å². The van der Waals surface area contributed by atoms with Crippen molar-refractivity contribution in [2.75, 3.05) is 25.0 Å². The Labute approximate surface area is 120 Å². The molecule has 1 unspecified atom stereocenters. The number of primary amides is 1. The van der Waals surface area contributed by atoms with Crippen molar-refractivity contribution in [3.05, 3.63) is 24.3 Å². The lowest BCUT2D eigenvalue weighted by atomic mass is 9.96. The minimum absolute atomic E-state index is 0.229. The summed E-state index contributed by atoms with van der Waals surface area (Å²) in [5.74, 6) is 1.39. The SMILES string of the molecule is CC(C)C(CN)CNc1ccc(OCCC(N)=O)cc1. The van der Waals surface area contributed by atoms with Gasteiger partial charge in [-0.05, 0) is 42.6 Å². The molecule has 0 aromatic heterocycles. The summed E-state index contributed by atoms with van der Waals surface area (Å²) < 4.78 is 5.41. The van der Waals surface area contributed by atoms with Gasteiger partial charge in [-0.25, -0.2) is 0 Å². The van der Waals surface area contributed by atoms with Gasteiger partial charge in [0, 0.05) is 12.2 Å². The number of carbonyl (C=O) groups excluding carboxylic acids is 1. The Balaban J connectivity index is 2.40. The van der Waals surface area contributed by atoms with Crippen molar-refractivity contribution in [3.8, 4) is 5.75 Å². The quantitative estimate of drug-likeness (QED) is 0.640. The molecule has 0 aliphatic rings. The maximum absolute atomic E-state index is 10.6. The third-order valence-corrected chi connectivity index (χ3v) is 3.29. The van der Waals surface area contributed by atoms with Crippen LogP contribution in [0.25, 0.3) is 0 Å². The zero-order chi connectivity index (χ0) is 15.0. The van der Waals surface area contributed by atoms with E-state index in [9.17, 15) is 4.79 Å². The lowest BCUT2D eigenvalue weighted by Crippen LogP contribution is -2.27. The van der Waals surface area contributed by atoms with Crippen molar-refractivity contribution >= 4 is 11.6 Å². The zero-order valence-electron chi connectivity index (χ0n) is 12.3. The fraction of sp³-hybridized carbons (Fsp3) is 0.533. The Kier molecular flexibility index (Phi) is 6.87. The molecule has 0 radical (unpaired) electrons. The molecule has 0 heterocycles. The van der Waals surface area contributed by atoms with E-state index >= 15 is 0 Å². The summed E-state index contributed by atoms with van der Waals surface area (Å²) in [6.45, 7) is 6.20. The number of hydrogen-bond donors (Lipinski definition) is 3. The molecule has 1 rings (SSSR count). The third-order valence-electron chi connectivity index (χ3n) is 3.29. The van der Waals surface area contributed by atoms with Gasteiger partial charge in [0.1, 0.15) is 5.75 Å². The molecule has 0 fully saturated rings. The molecule has 5 N–H and O–H groups in total. The molecule has 1 aromatic rings. The molecule has 1 amide bonds. The minimum Gasteiger partial charge on any atom is -0.493 e. The highest BCUT2D eigenvalue weighted by atomic mass is 16.5. The van der Waals surface area contributed by atoms with Gasteiger partial charge in [0.2, 0.25) is 5.91 Å². The fourth-order valence-electron chi connectivity index (χ4n) is 1.78. The summed E-state index contributed by atoms with van der Waals surface area (Å²) >= 11 is 0. The van der Waals surface area contributed by atoms with Crippen LogP contribution in [-0.2, 0) is 4.79 Å². The largest absolute Gasteiger partial charge is 0.493 e. The smallest absolute Gasteiger partial charge is 0.220 e. The Morgan fingerprint density at radius 1 is 1.30 bits per heavy atom. The molecule has 0 bridgehead atoms. The first-order valence-corrected chi connectivity index (χ1v) is 6.98. The van der Waals surface area contributed by atoms with Gasteiger partial charge in [-0.2, -0.15) is 0 Å². The highest BCUT2D eigenvalue weighted by Crippen LogP contribution is 2.17. The summed E-state index contributed by atoms with van der Waals surface area (Å²) in [5, 5.41) is 3.37. The Bertz CT molecular complexity index is 404. The standard InChI is InChI=1S/C15H25N3O2/c1-11(2)12(9-16)10-18-13-3-5-14(6-4-13)20-8-7-15(17)19/h3-6,11-12,18H,7-10,16H2,1-2H3,(H2,17,19). The van der Waals surface area contributed by atoms with Crippen molar-refractivity contribution in [2.45, 2.75) is 20.3 Å². The number of benzene rings is 1. The second-order valence-electron chi connectivity index (χ2n) is 5.21. The van der Waals surface area contributed by atoms with Crippen LogP contribution in [0, 0.1) is 11.8 Å². The van der Waals surface area contributed by atoms with E-state index in [1.54, 1.807) is 0 Å². The van der Waals surface area contributed by atoms with Crippen LogP contribution < -0.4 is 21.5 Å². The van der Waals surface area contributed by atoms with E-state index < -0.39 is 0 Å². The molecule has 0 saturated carbocycles. The second kappa shape index (κ2) is 8.43. The first-order chi connectivity index (χ1) is 9.52. The van der Waals surface area contributed by atoms with Gasteiger partial charge in [-0.15, -0.1) is 0 Å². The molecule has 5 heteroatoms. The topological polar surface area (TPSA) is 90.4 Å². The monoisotopic (exact) mass is 279 g/mol. The molecule has 0 aliphatic carbocycles. The first-order valence-electron chi connectivity index (χ1n) is 6.98. The number of anilines is 1. The molecule has 0 saturated heterocycles. The molecule has 0 spiro atoms. The number of nitrogens with two attached hydrogens (primary N) is 2. The van der Waals surface area contributed by atoms with Crippen LogP contribution in [0.1, 0.15) is 20.3 Å². The van der Waals surface area contributed by atoms with Crippen LogP contribution in [0.3, 0.4) is 0 Å². The minimum atomic E-state index is -0.357.